The third-order valence-electron chi connectivity index (χ3n) is 2.31. The molecule has 1 aromatic rings. The molecule has 0 spiro atoms. The first-order valence-corrected chi connectivity index (χ1v) is 4.89. The van der Waals surface area contributed by atoms with Crippen molar-refractivity contribution in [1.29, 1.82) is 0 Å². The van der Waals surface area contributed by atoms with Crippen LogP contribution in [0.5, 0.6) is 0 Å². The number of hydrogen-bond donors (Lipinski definition) is 1. The topological polar surface area (TPSA) is 44.5 Å². The third kappa shape index (κ3) is 1.53. The molecule has 14 heavy (non-hydrogen) atoms. The summed E-state index contributed by atoms with van der Waals surface area (Å²) in [5.41, 5.74) is 6.47. The van der Waals surface area contributed by atoms with Gasteiger partial charge in [-0.2, -0.15) is 0 Å². The molecule has 0 saturated carbocycles. The van der Waals surface area contributed by atoms with Gasteiger partial charge in [0.25, 0.3) is 0 Å². The Hall–Kier alpha value is -0.610. The monoisotopic (exact) mass is 213 g/mol. The Labute approximate surface area is 87.8 Å². The van der Waals surface area contributed by atoms with Crippen molar-refractivity contribution in [2.45, 2.75) is 5.79 Å². The highest BCUT2D eigenvalue weighted by atomic mass is 35.5. The first-order valence-electron chi connectivity index (χ1n) is 4.51. The summed E-state index contributed by atoms with van der Waals surface area (Å²) in [7, 11) is 0. The summed E-state index contributed by atoms with van der Waals surface area (Å²) in [6.07, 6.45) is 0. The number of benzene rings is 1. The van der Waals surface area contributed by atoms with Crippen molar-refractivity contribution >= 4 is 11.6 Å². The molecule has 0 aromatic heterocycles. The van der Waals surface area contributed by atoms with Crippen LogP contribution in [0.4, 0.5) is 0 Å². The van der Waals surface area contributed by atoms with Crippen molar-refractivity contribution < 1.29 is 9.47 Å². The van der Waals surface area contributed by atoms with Crippen LogP contribution in [-0.2, 0) is 15.3 Å². The van der Waals surface area contributed by atoms with Crippen LogP contribution >= 0.6 is 11.6 Å². The largest absolute Gasteiger partial charge is 0.342 e. The second kappa shape index (κ2) is 3.87. The number of rotatable bonds is 2. The average molecular weight is 214 g/mol. The molecular weight excluding hydrogens is 202 g/mol. The smallest absolute Gasteiger partial charge is 0.209 e. The number of nitrogens with two attached hydrogens (primary N) is 1. The Kier molecular flexibility index (Phi) is 2.74. The fraction of sp³-hybridized carbons (Fsp3) is 0.400. The van der Waals surface area contributed by atoms with Gasteiger partial charge in [-0.15, -0.1) is 0 Å². The van der Waals surface area contributed by atoms with Gasteiger partial charge in [0, 0.05) is 10.6 Å². The van der Waals surface area contributed by atoms with Crippen molar-refractivity contribution in [3.05, 3.63) is 34.9 Å². The molecule has 1 saturated heterocycles. The number of halogens is 1. The lowest BCUT2D eigenvalue weighted by Gasteiger charge is -2.26. The summed E-state index contributed by atoms with van der Waals surface area (Å²) in [6, 6.07) is 7.44. The molecule has 3 nitrogen and oxygen atoms in total. The van der Waals surface area contributed by atoms with E-state index in [1.165, 1.54) is 0 Å². The van der Waals surface area contributed by atoms with E-state index >= 15 is 0 Å². The lowest BCUT2D eigenvalue weighted by molar-refractivity contribution is -0.156. The van der Waals surface area contributed by atoms with Gasteiger partial charge in [-0.1, -0.05) is 29.8 Å². The standard InChI is InChI=1S/C10H12ClNO2/c11-9-4-2-1-3-8(9)10(7-12)13-5-6-14-10/h1-4H,5-7,12H2. The van der Waals surface area contributed by atoms with Crippen LogP contribution in [0.25, 0.3) is 0 Å². The van der Waals surface area contributed by atoms with Gasteiger partial charge in [0.2, 0.25) is 5.79 Å². The summed E-state index contributed by atoms with van der Waals surface area (Å²) < 4.78 is 11.0. The van der Waals surface area contributed by atoms with E-state index in [9.17, 15) is 0 Å². The van der Waals surface area contributed by atoms with Crippen LogP contribution < -0.4 is 5.73 Å². The Balaban J connectivity index is 2.41. The van der Waals surface area contributed by atoms with Crippen LogP contribution in [0.15, 0.2) is 24.3 Å². The van der Waals surface area contributed by atoms with Crippen LogP contribution in [0.1, 0.15) is 5.56 Å². The van der Waals surface area contributed by atoms with Gasteiger partial charge in [-0.25, -0.2) is 0 Å². The summed E-state index contributed by atoms with van der Waals surface area (Å²) in [5.74, 6) is -0.835. The normalized spacial score (nSPS) is 19.9. The molecule has 1 fully saturated rings. The molecule has 1 heterocycles. The SMILES string of the molecule is NCC1(c2ccccc2Cl)OCCO1. The molecule has 1 aliphatic heterocycles. The lowest BCUT2D eigenvalue weighted by Crippen LogP contribution is -2.36. The molecule has 0 aliphatic carbocycles. The first kappa shape index (κ1) is 9.93. The molecule has 1 aromatic carbocycles. The Morgan fingerprint density at radius 1 is 1.29 bits per heavy atom. The summed E-state index contributed by atoms with van der Waals surface area (Å²) in [6.45, 7) is 1.39. The second-order valence-corrected chi connectivity index (χ2v) is 3.54. The van der Waals surface area contributed by atoms with Crippen LogP contribution in [-0.4, -0.2) is 19.8 Å². The molecule has 0 unspecified atom stereocenters. The minimum absolute atomic E-state index is 0.275. The lowest BCUT2D eigenvalue weighted by atomic mass is 10.1. The minimum atomic E-state index is -0.835. The van der Waals surface area contributed by atoms with Crippen LogP contribution in [0.3, 0.4) is 0 Å². The Morgan fingerprint density at radius 2 is 1.93 bits per heavy atom. The molecule has 1 aliphatic rings. The van der Waals surface area contributed by atoms with Gasteiger partial charge in [0.15, 0.2) is 0 Å². The maximum atomic E-state index is 6.06. The summed E-state index contributed by atoms with van der Waals surface area (Å²) in [4.78, 5) is 0. The van der Waals surface area contributed by atoms with Crippen molar-refractivity contribution in [2.75, 3.05) is 19.8 Å². The van der Waals surface area contributed by atoms with Gasteiger partial charge >= 0.3 is 0 Å². The van der Waals surface area contributed by atoms with E-state index in [-0.39, 0.29) is 6.54 Å². The van der Waals surface area contributed by atoms with Crippen molar-refractivity contribution in [3.8, 4) is 0 Å². The van der Waals surface area contributed by atoms with Gasteiger partial charge in [0.1, 0.15) is 0 Å². The van der Waals surface area contributed by atoms with E-state index in [4.69, 9.17) is 26.8 Å². The predicted molar refractivity (Wildman–Crippen MR) is 54.1 cm³/mol. The van der Waals surface area contributed by atoms with Gasteiger partial charge in [-0.3, -0.25) is 0 Å². The summed E-state index contributed by atoms with van der Waals surface area (Å²) in [5, 5.41) is 0.625. The van der Waals surface area contributed by atoms with E-state index in [2.05, 4.69) is 0 Å². The van der Waals surface area contributed by atoms with Crippen LogP contribution in [0.2, 0.25) is 5.02 Å². The average Bonchev–Trinajstić information content (AvgIpc) is 2.68. The Bertz CT molecular complexity index is 324. The molecule has 2 N–H and O–H groups in total. The van der Waals surface area contributed by atoms with Crippen molar-refractivity contribution in [2.24, 2.45) is 5.73 Å². The van der Waals surface area contributed by atoms with E-state index in [0.29, 0.717) is 18.2 Å². The highest BCUT2D eigenvalue weighted by Gasteiger charge is 2.38. The molecule has 0 bridgehead atoms. The zero-order valence-electron chi connectivity index (χ0n) is 7.70. The quantitative estimate of drug-likeness (QED) is 0.810. The van der Waals surface area contributed by atoms with Gasteiger partial charge in [-0.05, 0) is 6.07 Å². The van der Waals surface area contributed by atoms with Gasteiger partial charge < -0.3 is 15.2 Å². The molecule has 2 rings (SSSR count). The highest BCUT2D eigenvalue weighted by molar-refractivity contribution is 6.31. The molecule has 0 radical (unpaired) electrons. The zero-order chi connectivity index (χ0) is 10.0. The number of ether oxygens (including phenoxy) is 2. The van der Waals surface area contributed by atoms with E-state index in [1.807, 2.05) is 18.2 Å². The van der Waals surface area contributed by atoms with E-state index in [1.54, 1.807) is 6.07 Å². The third-order valence-corrected chi connectivity index (χ3v) is 2.64. The molecule has 0 atom stereocenters. The molecular formula is C10H12ClNO2. The maximum absolute atomic E-state index is 6.06. The zero-order valence-corrected chi connectivity index (χ0v) is 8.46. The van der Waals surface area contributed by atoms with Gasteiger partial charge in [0.05, 0.1) is 19.8 Å². The number of hydrogen-bond acceptors (Lipinski definition) is 3. The first-order chi connectivity index (χ1) is 6.78. The minimum Gasteiger partial charge on any atom is -0.342 e. The van der Waals surface area contributed by atoms with Crippen LogP contribution in [0, 0.1) is 0 Å². The molecule has 4 heteroatoms. The van der Waals surface area contributed by atoms with Crippen molar-refractivity contribution in [1.82, 2.24) is 0 Å². The predicted octanol–water partition coefficient (Wildman–Crippen LogP) is 1.50. The second-order valence-electron chi connectivity index (χ2n) is 3.13. The van der Waals surface area contributed by atoms with Crippen molar-refractivity contribution in [3.63, 3.8) is 0 Å². The fourth-order valence-corrected chi connectivity index (χ4v) is 1.89. The highest BCUT2D eigenvalue weighted by Crippen LogP contribution is 2.34. The fourth-order valence-electron chi connectivity index (χ4n) is 1.61. The molecule has 76 valence electrons. The molecule has 0 amide bonds. The summed E-state index contributed by atoms with van der Waals surface area (Å²) >= 11 is 6.06. The Morgan fingerprint density at radius 3 is 2.50 bits per heavy atom. The van der Waals surface area contributed by atoms with E-state index in [0.717, 1.165) is 5.56 Å². The van der Waals surface area contributed by atoms with E-state index < -0.39 is 5.79 Å². The maximum Gasteiger partial charge on any atom is 0.209 e.